The Morgan fingerprint density at radius 1 is 1.04 bits per heavy atom. The SMILES string of the molecule is CC(=O)C1=C(c2ccccc2)C=C2CN(S(=O)(=O)c3ccc(C)cc3)CC2C1. The number of aryl methyl sites for hydroxylation is 1. The molecule has 4 rings (SSSR count). The van der Waals surface area contributed by atoms with Crippen LogP contribution in [0, 0.1) is 12.8 Å². The van der Waals surface area contributed by atoms with Gasteiger partial charge in [-0.2, -0.15) is 4.31 Å². The van der Waals surface area contributed by atoms with E-state index in [0.29, 0.717) is 24.4 Å². The van der Waals surface area contributed by atoms with Crippen LogP contribution in [0.3, 0.4) is 0 Å². The van der Waals surface area contributed by atoms with Gasteiger partial charge in [0.2, 0.25) is 10.0 Å². The highest BCUT2D eigenvalue weighted by Crippen LogP contribution is 2.40. The van der Waals surface area contributed by atoms with Crippen molar-refractivity contribution < 1.29 is 13.2 Å². The second kappa shape index (κ2) is 7.15. The Kier molecular flexibility index (Phi) is 4.81. The molecule has 0 bridgehead atoms. The summed E-state index contributed by atoms with van der Waals surface area (Å²) in [5.74, 6) is 0.112. The molecule has 0 saturated carbocycles. The van der Waals surface area contributed by atoms with Crippen LogP contribution in [0.2, 0.25) is 0 Å². The van der Waals surface area contributed by atoms with Gasteiger partial charge in [-0.05, 0) is 55.0 Å². The molecule has 0 N–H and O–H groups in total. The zero-order chi connectivity index (χ0) is 19.9. The Balaban J connectivity index is 1.67. The van der Waals surface area contributed by atoms with Crippen molar-refractivity contribution in [2.75, 3.05) is 13.1 Å². The summed E-state index contributed by atoms with van der Waals surface area (Å²) < 4.78 is 27.7. The predicted molar refractivity (Wildman–Crippen MR) is 110 cm³/mol. The molecular weight excluding hydrogens is 370 g/mol. The van der Waals surface area contributed by atoms with Gasteiger partial charge in [-0.1, -0.05) is 54.1 Å². The Hall–Kier alpha value is -2.50. The van der Waals surface area contributed by atoms with Crippen molar-refractivity contribution in [2.45, 2.75) is 25.2 Å². The van der Waals surface area contributed by atoms with E-state index in [1.807, 2.05) is 55.5 Å². The Labute approximate surface area is 166 Å². The average molecular weight is 394 g/mol. The third kappa shape index (κ3) is 3.36. The molecule has 1 aliphatic carbocycles. The van der Waals surface area contributed by atoms with Gasteiger partial charge in [-0.15, -0.1) is 0 Å². The quantitative estimate of drug-likeness (QED) is 0.789. The van der Waals surface area contributed by atoms with Crippen LogP contribution in [0.4, 0.5) is 0 Å². The number of allylic oxidation sites excluding steroid dienone is 3. The molecule has 2 aliphatic rings. The molecule has 5 heteroatoms. The fourth-order valence-electron chi connectivity index (χ4n) is 4.00. The van der Waals surface area contributed by atoms with Gasteiger partial charge in [0.15, 0.2) is 5.78 Å². The smallest absolute Gasteiger partial charge is 0.243 e. The molecular formula is C23H23NO3S. The zero-order valence-corrected chi connectivity index (χ0v) is 16.9. The Morgan fingerprint density at radius 3 is 2.36 bits per heavy atom. The van der Waals surface area contributed by atoms with Crippen LogP contribution in [0.15, 0.2) is 76.7 Å². The highest BCUT2D eigenvalue weighted by atomic mass is 32.2. The van der Waals surface area contributed by atoms with Gasteiger partial charge in [0.1, 0.15) is 0 Å². The van der Waals surface area contributed by atoms with Crippen molar-refractivity contribution in [3.63, 3.8) is 0 Å². The second-order valence-corrected chi connectivity index (χ2v) is 9.48. The van der Waals surface area contributed by atoms with E-state index in [1.165, 1.54) is 0 Å². The van der Waals surface area contributed by atoms with E-state index in [1.54, 1.807) is 23.4 Å². The lowest BCUT2D eigenvalue weighted by atomic mass is 9.81. The van der Waals surface area contributed by atoms with Crippen LogP contribution in [0.25, 0.3) is 5.57 Å². The number of nitrogens with zero attached hydrogens (tertiary/aromatic N) is 1. The first-order valence-corrected chi connectivity index (χ1v) is 10.9. The Bertz CT molecular complexity index is 1080. The molecule has 4 nitrogen and oxygen atoms in total. The van der Waals surface area contributed by atoms with Gasteiger partial charge in [-0.3, -0.25) is 4.79 Å². The van der Waals surface area contributed by atoms with Crippen LogP contribution in [0.5, 0.6) is 0 Å². The molecule has 0 aromatic heterocycles. The van der Waals surface area contributed by atoms with Crippen LogP contribution in [-0.4, -0.2) is 31.6 Å². The number of carbonyl (C=O) groups excluding carboxylic acids is 1. The fourth-order valence-corrected chi connectivity index (χ4v) is 5.47. The molecule has 2 aromatic carbocycles. The molecule has 1 aliphatic heterocycles. The van der Waals surface area contributed by atoms with E-state index >= 15 is 0 Å². The maximum absolute atomic E-state index is 13.1. The van der Waals surface area contributed by atoms with Crippen molar-refractivity contribution in [3.8, 4) is 0 Å². The number of hydrogen-bond acceptors (Lipinski definition) is 3. The molecule has 2 aromatic rings. The topological polar surface area (TPSA) is 54.5 Å². The summed E-state index contributed by atoms with van der Waals surface area (Å²) in [6.07, 6.45) is 2.62. The number of benzene rings is 2. The molecule has 0 amide bonds. The number of sulfonamides is 1. The predicted octanol–water partition coefficient (Wildman–Crippen LogP) is 3.99. The highest BCUT2D eigenvalue weighted by molar-refractivity contribution is 7.89. The van der Waals surface area contributed by atoms with Gasteiger partial charge in [-0.25, -0.2) is 8.42 Å². The lowest BCUT2D eigenvalue weighted by Crippen LogP contribution is -2.29. The zero-order valence-electron chi connectivity index (χ0n) is 16.1. The van der Waals surface area contributed by atoms with E-state index in [9.17, 15) is 13.2 Å². The van der Waals surface area contributed by atoms with Gasteiger partial charge >= 0.3 is 0 Å². The van der Waals surface area contributed by atoms with E-state index in [2.05, 4.69) is 0 Å². The summed E-state index contributed by atoms with van der Waals surface area (Å²) in [5, 5.41) is 0. The van der Waals surface area contributed by atoms with Crippen LogP contribution in [0.1, 0.15) is 24.5 Å². The number of carbonyl (C=O) groups is 1. The minimum absolute atomic E-state index is 0.0500. The molecule has 144 valence electrons. The van der Waals surface area contributed by atoms with Gasteiger partial charge in [0, 0.05) is 18.7 Å². The van der Waals surface area contributed by atoms with Crippen molar-refractivity contribution in [2.24, 2.45) is 5.92 Å². The lowest BCUT2D eigenvalue weighted by molar-refractivity contribution is -0.113. The standard InChI is InChI=1S/C23H23NO3S/c1-16-8-10-21(11-9-16)28(26,27)24-14-19-12-22(17(2)25)23(13-20(19)15-24)18-6-4-3-5-7-18/h3-11,13,19H,12,14-15H2,1-2H3. The van der Waals surface area contributed by atoms with E-state index in [4.69, 9.17) is 0 Å². The summed E-state index contributed by atoms with van der Waals surface area (Å²) in [6, 6.07) is 16.8. The maximum Gasteiger partial charge on any atom is 0.243 e. The minimum Gasteiger partial charge on any atom is -0.295 e. The van der Waals surface area contributed by atoms with Crippen molar-refractivity contribution >= 4 is 21.4 Å². The second-order valence-electron chi connectivity index (χ2n) is 7.55. The van der Waals surface area contributed by atoms with E-state index in [0.717, 1.165) is 27.8 Å². The number of fused-ring (bicyclic) bond motifs is 1. The molecule has 28 heavy (non-hydrogen) atoms. The number of rotatable bonds is 4. The third-order valence-corrected chi connectivity index (χ3v) is 7.41. The average Bonchev–Trinajstić information content (AvgIpc) is 3.12. The monoisotopic (exact) mass is 393 g/mol. The Morgan fingerprint density at radius 2 is 1.71 bits per heavy atom. The normalized spacial score (nSPS) is 20.1. The lowest BCUT2D eigenvalue weighted by Gasteiger charge is -2.22. The molecule has 1 atom stereocenters. The number of ketones is 1. The summed E-state index contributed by atoms with van der Waals surface area (Å²) in [6.45, 7) is 4.32. The summed E-state index contributed by atoms with van der Waals surface area (Å²) >= 11 is 0. The minimum atomic E-state index is -3.54. The van der Waals surface area contributed by atoms with Gasteiger partial charge in [0.05, 0.1) is 4.90 Å². The van der Waals surface area contributed by atoms with E-state index < -0.39 is 10.0 Å². The number of Topliss-reactive ketones (excluding diaryl/α,β-unsaturated/α-hetero) is 1. The maximum atomic E-state index is 13.1. The molecule has 1 fully saturated rings. The molecule has 0 radical (unpaired) electrons. The first-order valence-electron chi connectivity index (χ1n) is 9.43. The first kappa shape index (κ1) is 18.8. The van der Waals surface area contributed by atoms with Crippen LogP contribution < -0.4 is 0 Å². The number of hydrogen-bond donors (Lipinski definition) is 0. The first-order chi connectivity index (χ1) is 13.4. The van der Waals surface area contributed by atoms with Crippen molar-refractivity contribution in [1.29, 1.82) is 0 Å². The van der Waals surface area contributed by atoms with Crippen LogP contribution in [-0.2, 0) is 14.8 Å². The highest BCUT2D eigenvalue weighted by Gasteiger charge is 2.38. The summed E-state index contributed by atoms with van der Waals surface area (Å²) in [5.41, 5.74) is 4.82. The largest absolute Gasteiger partial charge is 0.295 e. The fraction of sp³-hybridized carbons (Fsp3) is 0.261. The molecule has 1 unspecified atom stereocenters. The van der Waals surface area contributed by atoms with Crippen LogP contribution >= 0.6 is 0 Å². The van der Waals surface area contributed by atoms with Crippen molar-refractivity contribution in [1.82, 2.24) is 4.31 Å². The molecule has 1 heterocycles. The van der Waals surface area contributed by atoms with E-state index in [-0.39, 0.29) is 11.7 Å². The molecule has 1 saturated heterocycles. The van der Waals surface area contributed by atoms with Gasteiger partial charge < -0.3 is 0 Å². The third-order valence-electron chi connectivity index (χ3n) is 5.58. The van der Waals surface area contributed by atoms with Gasteiger partial charge in [0.25, 0.3) is 0 Å². The summed E-state index contributed by atoms with van der Waals surface area (Å²) in [4.78, 5) is 12.6. The van der Waals surface area contributed by atoms with Crippen molar-refractivity contribution in [3.05, 3.63) is 82.9 Å². The summed E-state index contributed by atoms with van der Waals surface area (Å²) in [7, 11) is -3.54. The molecule has 0 spiro atoms.